The SMILES string of the molecule is O=C(Nc1ccccc1S)Nc1ccccc1C(F)(F)F. The van der Waals surface area contributed by atoms with Gasteiger partial charge in [-0.25, -0.2) is 4.79 Å². The first kappa shape index (κ1) is 15.2. The third kappa shape index (κ3) is 3.91. The van der Waals surface area contributed by atoms with Crippen molar-refractivity contribution < 1.29 is 18.0 Å². The van der Waals surface area contributed by atoms with E-state index in [1.165, 1.54) is 18.2 Å². The van der Waals surface area contributed by atoms with Crippen molar-refractivity contribution in [2.45, 2.75) is 11.1 Å². The highest BCUT2D eigenvalue weighted by Crippen LogP contribution is 2.34. The van der Waals surface area contributed by atoms with Crippen molar-refractivity contribution in [3.63, 3.8) is 0 Å². The maximum absolute atomic E-state index is 12.8. The molecule has 0 aromatic heterocycles. The number of amides is 2. The van der Waals surface area contributed by atoms with Crippen LogP contribution in [0.1, 0.15) is 5.56 Å². The molecule has 0 radical (unpaired) electrons. The number of urea groups is 1. The number of para-hydroxylation sites is 2. The molecule has 2 rings (SSSR count). The minimum absolute atomic E-state index is 0.306. The highest BCUT2D eigenvalue weighted by molar-refractivity contribution is 7.80. The summed E-state index contributed by atoms with van der Waals surface area (Å²) in [6, 6.07) is 10.7. The Kier molecular flexibility index (Phi) is 4.42. The Bertz CT molecular complexity index is 659. The Labute approximate surface area is 124 Å². The number of hydrogen-bond donors (Lipinski definition) is 3. The molecular formula is C14H11F3N2OS. The van der Waals surface area contributed by atoms with Gasteiger partial charge in [0.25, 0.3) is 0 Å². The van der Waals surface area contributed by atoms with Crippen molar-refractivity contribution in [3.8, 4) is 0 Å². The van der Waals surface area contributed by atoms with Gasteiger partial charge in [-0.3, -0.25) is 0 Å². The van der Waals surface area contributed by atoms with Gasteiger partial charge in [0.15, 0.2) is 0 Å². The summed E-state index contributed by atoms with van der Waals surface area (Å²) in [6.45, 7) is 0. The Morgan fingerprint density at radius 1 is 0.905 bits per heavy atom. The fourth-order valence-electron chi connectivity index (χ4n) is 1.69. The molecule has 3 nitrogen and oxygen atoms in total. The van der Waals surface area contributed by atoms with Gasteiger partial charge in [-0.05, 0) is 24.3 Å². The van der Waals surface area contributed by atoms with Crippen LogP contribution in [-0.2, 0) is 6.18 Å². The zero-order valence-electron chi connectivity index (χ0n) is 10.6. The third-order valence-electron chi connectivity index (χ3n) is 2.63. The van der Waals surface area contributed by atoms with Crippen molar-refractivity contribution in [2.24, 2.45) is 0 Å². The van der Waals surface area contributed by atoms with Gasteiger partial charge in [-0.15, -0.1) is 12.6 Å². The molecule has 2 aromatic carbocycles. The van der Waals surface area contributed by atoms with Crippen LogP contribution in [0.2, 0.25) is 0 Å². The molecule has 2 amide bonds. The second kappa shape index (κ2) is 6.09. The summed E-state index contributed by atoms with van der Waals surface area (Å²) < 4.78 is 38.4. The quantitative estimate of drug-likeness (QED) is 0.695. The largest absolute Gasteiger partial charge is 0.418 e. The van der Waals surface area contributed by atoms with E-state index in [0.29, 0.717) is 10.6 Å². The van der Waals surface area contributed by atoms with Crippen molar-refractivity contribution in [1.82, 2.24) is 0 Å². The lowest BCUT2D eigenvalue weighted by Crippen LogP contribution is -2.22. The standard InChI is InChI=1S/C14H11F3N2OS/c15-14(16,17)9-5-1-2-6-10(9)18-13(20)19-11-7-3-4-8-12(11)21/h1-8,21H,(H2,18,19,20). The van der Waals surface area contributed by atoms with Crippen LogP contribution in [0.15, 0.2) is 53.4 Å². The second-order valence-electron chi connectivity index (χ2n) is 4.14. The Hall–Kier alpha value is -2.15. The van der Waals surface area contributed by atoms with Gasteiger partial charge in [0.05, 0.1) is 16.9 Å². The molecule has 0 atom stereocenters. The van der Waals surface area contributed by atoms with Gasteiger partial charge < -0.3 is 10.6 Å². The van der Waals surface area contributed by atoms with Gasteiger partial charge in [0.2, 0.25) is 0 Å². The number of alkyl halides is 3. The van der Waals surface area contributed by atoms with Crippen LogP contribution in [0, 0.1) is 0 Å². The number of carbonyl (C=O) groups is 1. The van der Waals surface area contributed by atoms with Gasteiger partial charge >= 0.3 is 12.2 Å². The van der Waals surface area contributed by atoms with Gasteiger partial charge in [0.1, 0.15) is 0 Å². The highest BCUT2D eigenvalue weighted by atomic mass is 32.1. The Morgan fingerprint density at radius 3 is 2.05 bits per heavy atom. The predicted molar refractivity (Wildman–Crippen MR) is 77.8 cm³/mol. The molecular weight excluding hydrogens is 301 g/mol. The molecule has 0 unspecified atom stereocenters. The van der Waals surface area contributed by atoms with Gasteiger partial charge in [0, 0.05) is 4.90 Å². The summed E-state index contributed by atoms with van der Waals surface area (Å²) in [6.07, 6.45) is -4.54. The van der Waals surface area contributed by atoms with E-state index in [9.17, 15) is 18.0 Å². The smallest absolute Gasteiger partial charge is 0.307 e. The lowest BCUT2D eigenvalue weighted by molar-refractivity contribution is -0.136. The van der Waals surface area contributed by atoms with E-state index in [1.54, 1.807) is 24.3 Å². The fourth-order valence-corrected chi connectivity index (χ4v) is 1.91. The first-order valence-corrected chi connectivity index (χ1v) is 6.35. The molecule has 2 N–H and O–H groups in total. The average molecular weight is 312 g/mol. The fraction of sp³-hybridized carbons (Fsp3) is 0.0714. The van der Waals surface area contributed by atoms with Crippen LogP contribution < -0.4 is 10.6 Å². The molecule has 0 aliphatic carbocycles. The van der Waals surface area contributed by atoms with Crippen LogP contribution in [0.25, 0.3) is 0 Å². The van der Waals surface area contributed by atoms with E-state index in [1.807, 2.05) is 0 Å². The number of benzene rings is 2. The number of halogens is 3. The van der Waals surface area contributed by atoms with E-state index >= 15 is 0 Å². The van der Waals surface area contributed by atoms with Crippen molar-refractivity contribution in [1.29, 1.82) is 0 Å². The number of rotatable bonds is 2. The summed E-state index contributed by atoms with van der Waals surface area (Å²) >= 11 is 4.14. The first-order chi connectivity index (χ1) is 9.88. The maximum Gasteiger partial charge on any atom is 0.418 e. The molecule has 110 valence electrons. The summed E-state index contributed by atoms with van der Waals surface area (Å²) in [5, 5.41) is 4.63. The van der Waals surface area contributed by atoms with Crippen molar-refractivity contribution >= 4 is 30.0 Å². The molecule has 0 bridgehead atoms. The van der Waals surface area contributed by atoms with Gasteiger partial charge in [-0.2, -0.15) is 13.2 Å². The Morgan fingerprint density at radius 2 is 1.43 bits per heavy atom. The summed E-state index contributed by atoms with van der Waals surface area (Å²) in [4.78, 5) is 12.3. The minimum Gasteiger partial charge on any atom is -0.307 e. The van der Waals surface area contributed by atoms with E-state index < -0.39 is 17.8 Å². The second-order valence-corrected chi connectivity index (χ2v) is 4.62. The number of thiol groups is 1. The van der Waals surface area contributed by atoms with Crippen LogP contribution in [0.4, 0.5) is 29.3 Å². The molecule has 2 aromatic rings. The minimum atomic E-state index is -4.54. The predicted octanol–water partition coefficient (Wildman–Crippen LogP) is 4.64. The lowest BCUT2D eigenvalue weighted by Gasteiger charge is -2.14. The molecule has 0 heterocycles. The summed E-state index contributed by atoms with van der Waals surface area (Å²) in [5.41, 5.74) is -0.804. The molecule has 0 aliphatic heterocycles. The van der Waals surface area contributed by atoms with Crippen molar-refractivity contribution in [2.75, 3.05) is 10.6 Å². The number of hydrogen-bond acceptors (Lipinski definition) is 2. The van der Waals surface area contributed by atoms with Crippen LogP contribution in [-0.4, -0.2) is 6.03 Å². The van der Waals surface area contributed by atoms with E-state index in [2.05, 4.69) is 23.3 Å². The molecule has 0 spiro atoms. The first-order valence-electron chi connectivity index (χ1n) is 5.90. The van der Waals surface area contributed by atoms with Crippen LogP contribution in [0.3, 0.4) is 0 Å². The summed E-state index contributed by atoms with van der Waals surface area (Å²) in [7, 11) is 0. The molecule has 0 fully saturated rings. The summed E-state index contributed by atoms with van der Waals surface area (Å²) in [5.74, 6) is 0. The number of anilines is 2. The maximum atomic E-state index is 12.8. The Balaban J connectivity index is 2.16. The van der Waals surface area contributed by atoms with Crippen LogP contribution in [0.5, 0.6) is 0 Å². The third-order valence-corrected chi connectivity index (χ3v) is 3.02. The molecule has 0 saturated heterocycles. The molecule has 7 heteroatoms. The van der Waals surface area contributed by atoms with E-state index in [4.69, 9.17) is 0 Å². The molecule has 21 heavy (non-hydrogen) atoms. The van der Waals surface area contributed by atoms with E-state index in [-0.39, 0.29) is 5.69 Å². The van der Waals surface area contributed by atoms with Crippen molar-refractivity contribution in [3.05, 3.63) is 54.1 Å². The average Bonchev–Trinajstić information content (AvgIpc) is 2.41. The molecule has 0 saturated carbocycles. The zero-order chi connectivity index (χ0) is 15.5. The lowest BCUT2D eigenvalue weighted by atomic mass is 10.1. The highest BCUT2D eigenvalue weighted by Gasteiger charge is 2.33. The zero-order valence-corrected chi connectivity index (χ0v) is 11.5. The monoisotopic (exact) mass is 312 g/mol. The topological polar surface area (TPSA) is 41.1 Å². The normalized spacial score (nSPS) is 11.0. The molecule has 0 aliphatic rings. The van der Waals surface area contributed by atoms with E-state index in [0.717, 1.165) is 6.07 Å². The van der Waals surface area contributed by atoms with Crippen LogP contribution >= 0.6 is 12.6 Å². The number of carbonyl (C=O) groups excluding carboxylic acids is 1. The number of nitrogens with one attached hydrogen (secondary N) is 2. The van der Waals surface area contributed by atoms with Gasteiger partial charge in [-0.1, -0.05) is 24.3 Å².